The number of nitrogens with one attached hydrogen (secondary N) is 1. The molecule has 1 aliphatic rings. The van der Waals surface area contributed by atoms with Crippen molar-refractivity contribution in [2.45, 2.75) is 45.3 Å². The largest absolute Gasteiger partial charge is 0.378 e. The van der Waals surface area contributed by atoms with E-state index in [0.29, 0.717) is 31.3 Å². The molecule has 1 aliphatic heterocycles. The van der Waals surface area contributed by atoms with Gasteiger partial charge in [0.2, 0.25) is 11.7 Å². The number of rotatable bonds is 6. The summed E-state index contributed by atoms with van der Waals surface area (Å²) in [5.41, 5.74) is -0.465. The van der Waals surface area contributed by atoms with Crippen molar-refractivity contribution in [1.29, 1.82) is 0 Å². The van der Waals surface area contributed by atoms with E-state index < -0.39 is 5.60 Å². The Labute approximate surface area is 113 Å². The van der Waals surface area contributed by atoms with Gasteiger partial charge >= 0.3 is 0 Å². The zero-order chi connectivity index (χ0) is 13.7. The van der Waals surface area contributed by atoms with E-state index in [1.807, 2.05) is 13.8 Å². The molecule has 0 amide bonds. The standard InChI is InChI=1S/C13H23N3O3/c1-4-13(3,18-5-2)12-15-11(19-16-12)8-10-9-17-7-6-14-10/h10,14H,4-9H2,1-3H3. The van der Waals surface area contributed by atoms with E-state index in [1.165, 1.54) is 0 Å². The molecule has 2 rings (SSSR count). The monoisotopic (exact) mass is 269 g/mol. The van der Waals surface area contributed by atoms with Crippen LogP contribution in [0.5, 0.6) is 0 Å². The van der Waals surface area contributed by atoms with E-state index in [4.69, 9.17) is 14.0 Å². The van der Waals surface area contributed by atoms with Crippen LogP contribution in [-0.4, -0.2) is 42.5 Å². The summed E-state index contributed by atoms with van der Waals surface area (Å²) < 4.78 is 16.5. The second-order valence-electron chi connectivity index (χ2n) is 4.96. The fraction of sp³-hybridized carbons (Fsp3) is 0.846. The summed E-state index contributed by atoms with van der Waals surface area (Å²) in [5.74, 6) is 1.26. The van der Waals surface area contributed by atoms with Crippen molar-refractivity contribution in [2.24, 2.45) is 0 Å². The summed E-state index contributed by atoms with van der Waals surface area (Å²) in [7, 11) is 0. The van der Waals surface area contributed by atoms with E-state index in [-0.39, 0.29) is 6.04 Å². The van der Waals surface area contributed by atoms with Gasteiger partial charge in [0.25, 0.3) is 0 Å². The van der Waals surface area contributed by atoms with Gasteiger partial charge in [0.05, 0.1) is 13.2 Å². The topological polar surface area (TPSA) is 69.4 Å². The van der Waals surface area contributed by atoms with Gasteiger partial charge in [-0.25, -0.2) is 0 Å². The molecule has 2 heterocycles. The average molecular weight is 269 g/mol. The first-order chi connectivity index (χ1) is 9.18. The maximum absolute atomic E-state index is 5.74. The van der Waals surface area contributed by atoms with Gasteiger partial charge in [-0.1, -0.05) is 12.1 Å². The van der Waals surface area contributed by atoms with E-state index in [9.17, 15) is 0 Å². The molecule has 1 fully saturated rings. The molecule has 0 aliphatic carbocycles. The first kappa shape index (κ1) is 14.4. The lowest BCUT2D eigenvalue weighted by Gasteiger charge is -2.24. The molecule has 0 spiro atoms. The fourth-order valence-corrected chi connectivity index (χ4v) is 2.16. The van der Waals surface area contributed by atoms with Crippen LogP contribution in [0.15, 0.2) is 4.52 Å². The van der Waals surface area contributed by atoms with Crippen LogP contribution in [0, 0.1) is 0 Å². The number of ether oxygens (including phenoxy) is 2. The van der Waals surface area contributed by atoms with Crippen LogP contribution in [0.25, 0.3) is 0 Å². The average Bonchev–Trinajstić information content (AvgIpc) is 2.89. The van der Waals surface area contributed by atoms with Gasteiger partial charge in [0.15, 0.2) is 0 Å². The normalized spacial score (nSPS) is 23.2. The van der Waals surface area contributed by atoms with Crippen molar-refractivity contribution >= 4 is 0 Å². The Balaban J connectivity index is 2.01. The SMILES string of the molecule is CCOC(C)(CC)c1noc(CC2COCCN2)n1. The Morgan fingerprint density at radius 2 is 2.32 bits per heavy atom. The molecule has 0 saturated carbocycles. The summed E-state index contributed by atoms with van der Waals surface area (Å²) in [6.07, 6.45) is 1.50. The van der Waals surface area contributed by atoms with Gasteiger partial charge in [0, 0.05) is 25.6 Å². The molecule has 108 valence electrons. The van der Waals surface area contributed by atoms with Gasteiger partial charge < -0.3 is 19.3 Å². The molecule has 6 nitrogen and oxygen atoms in total. The smallest absolute Gasteiger partial charge is 0.228 e. The molecule has 1 N–H and O–H groups in total. The maximum Gasteiger partial charge on any atom is 0.228 e. The van der Waals surface area contributed by atoms with Gasteiger partial charge in [-0.15, -0.1) is 0 Å². The summed E-state index contributed by atoms with van der Waals surface area (Å²) in [6.45, 7) is 8.98. The van der Waals surface area contributed by atoms with Crippen molar-refractivity contribution in [2.75, 3.05) is 26.4 Å². The quantitative estimate of drug-likeness (QED) is 0.838. The molecule has 0 bridgehead atoms. The Bertz CT molecular complexity index is 390. The second-order valence-corrected chi connectivity index (χ2v) is 4.96. The predicted octanol–water partition coefficient (Wildman–Crippen LogP) is 1.26. The molecule has 6 heteroatoms. The highest BCUT2D eigenvalue weighted by Gasteiger charge is 2.31. The zero-order valence-corrected chi connectivity index (χ0v) is 11.9. The second kappa shape index (κ2) is 6.45. The van der Waals surface area contributed by atoms with Gasteiger partial charge in [-0.2, -0.15) is 4.98 Å². The van der Waals surface area contributed by atoms with E-state index in [2.05, 4.69) is 22.4 Å². The van der Waals surface area contributed by atoms with Gasteiger partial charge in [0.1, 0.15) is 5.60 Å². The van der Waals surface area contributed by atoms with Crippen LogP contribution in [-0.2, 0) is 21.5 Å². The van der Waals surface area contributed by atoms with Crippen LogP contribution in [0.3, 0.4) is 0 Å². The van der Waals surface area contributed by atoms with Crippen molar-refractivity contribution in [3.8, 4) is 0 Å². The third kappa shape index (κ3) is 3.52. The molecule has 1 saturated heterocycles. The number of nitrogens with zero attached hydrogens (tertiary/aromatic N) is 2. The van der Waals surface area contributed by atoms with E-state index in [1.54, 1.807) is 0 Å². The Hall–Kier alpha value is -0.980. The third-order valence-electron chi connectivity index (χ3n) is 3.50. The van der Waals surface area contributed by atoms with Crippen LogP contribution >= 0.6 is 0 Å². The Morgan fingerprint density at radius 3 is 2.95 bits per heavy atom. The van der Waals surface area contributed by atoms with Gasteiger partial charge in [-0.05, 0) is 20.3 Å². The lowest BCUT2D eigenvalue weighted by molar-refractivity contribution is -0.0403. The minimum Gasteiger partial charge on any atom is -0.378 e. The first-order valence-electron chi connectivity index (χ1n) is 6.96. The van der Waals surface area contributed by atoms with E-state index >= 15 is 0 Å². The number of hydrogen-bond acceptors (Lipinski definition) is 6. The molecular weight excluding hydrogens is 246 g/mol. The molecule has 1 aromatic heterocycles. The molecule has 2 atom stereocenters. The van der Waals surface area contributed by atoms with Crippen LogP contribution in [0.4, 0.5) is 0 Å². The summed E-state index contributed by atoms with van der Waals surface area (Å²) >= 11 is 0. The Kier molecular flexibility index (Phi) is 4.90. The zero-order valence-electron chi connectivity index (χ0n) is 11.9. The molecule has 0 aromatic carbocycles. The lowest BCUT2D eigenvalue weighted by atomic mass is 10.0. The van der Waals surface area contributed by atoms with E-state index in [0.717, 1.165) is 19.6 Å². The summed E-state index contributed by atoms with van der Waals surface area (Å²) in [5, 5.41) is 7.43. The highest BCUT2D eigenvalue weighted by atomic mass is 16.5. The highest BCUT2D eigenvalue weighted by molar-refractivity contribution is 5.00. The molecule has 1 aromatic rings. The number of morpholine rings is 1. The van der Waals surface area contributed by atoms with Crippen molar-refractivity contribution in [3.05, 3.63) is 11.7 Å². The summed E-state index contributed by atoms with van der Waals surface area (Å²) in [6, 6.07) is 0.252. The van der Waals surface area contributed by atoms with Crippen LogP contribution in [0.2, 0.25) is 0 Å². The first-order valence-corrected chi connectivity index (χ1v) is 6.96. The third-order valence-corrected chi connectivity index (χ3v) is 3.50. The summed E-state index contributed by atoms with van der Waals surface area (Å²) in [4.78, 5) is 4.47. The van der Waals surface area contributed by atoms with Crippen LogP contribution < -0.4 is 5.32 Å². The molecule has 19 heavy (non-hydrogen) atoms. The van der Waals surface area contributed by atoms with Crippen molar-refractivity contribution in [1.82, 2.24) is 15.5 Å². The minimum absolute atomic E-state index is 0.252. The Morgan fingerprint density at radius 1 is 1.47 bits per heavy atom. The molecular formula is C13H23N3O3. The fourth-order valence-electron chi connectivity index (χ4n) is 2.16. The maximum atomic E-state index is 5.74. The highest BCUT2D eigenvalue weighted by Crippen LogP contribution is 2.26. The minimum atomic E-state index is -0.465. The number of hydrogen-bond donors (Lipinski definition) is 1. The molecule has 2 unspecified atom stereocenters. The van der Waals surface area contributed by atoms with Crippen molar-refractivity contribution < 1.29 is 14.0 Å². The number of aromatic nitrogens is 2. The molecule has 0 radical (unpaired) electrons. The van der Waals surface area contributed by atoms with Gasteiger partial charge in [-0.3, -0.25) is 0 Å². The predicted molar refractivity (Wildman–Crippen MR) is 69.9 cm³/mol. The lowest BCUT2D eigenvalue weighted by Crippen LogP contribution is -2.42. The van der Waals surface area contributed by atoms with Crippen molar-refractivity contribution in [3.63, 3.8) is 0 Å². The van der Waals surface area contributed by atoms with Crippen LogP contribution in [0.1, 0.15) is 38.9 Å².